The molecule has 1 heterocycles. The van der Waals surface area contributed by atoms with Crippen molar-refractivity contribution in [1.82, 2.24) is 15.6 Å². The Morgan fingerprint density at radius 1 is 1.38 bits per heavy atom. The summed E-state index contributed by atoms with van der Waals surface area (Å²) in [5, 5.41) is 15.9. The zero-order chi connectivity index (χ0) is 15.2. The number of hydrogen-bond acceptors (Lipinski definition) is 4. The van der Waals surface area contributed by atoms with Gasteiger partial charge in [-0.3, -0.25) is 0 Å². The molecule has 2 rings (SSSR count). The first-order valence-corrected chi connectivity index (χ1v) is 8.54. The number of urea groups is 1. The number of fused-ring (bicyclic) bond motifs is 1. The molecule has 1 aromatic heterocycles. The molecule has 1 aromatic rings. The molecule has 0 bridgehead atoms. The highest BCUT2D eigenvalue weighted by Gasteiger charge is 2.16. The maximum absolute atomic E-state index is 11.7. The first-order chi connectivity index (χ1) is 10.1. The van der Waals surface area contributed by atoms with E-state index in [1.807, 2.05) is 13.8 Å². The molecule has 21 heavy (non-hydrogen) atoms. The fourth-order valence-corrected chi connectivity index (χ4v) is 3.51. The molecule has 118 valence electrons. The van der Waals surface area contributed by atoms with Gasteiger partial charge >= 0.3 is 6.03 Å². The van der Waals surface area contributed by atoms with Crippen molar-refractivity contribution in [3.63, 3.8) is 0 Å². The Bertz CT molecular complexity index is 452. The molecule has 0 fully saturated rings. The van der Waals surface area contributed by atoms with Crippen molar-refractivity contribution in [2.24, 2.45) is 5.92 Å². The van der Waals surface area contributed by atoms with Gasteiger partial charge in [0.25, 0.3) is 0 Å². The van der Waals surface area contributed by atoms with Gasteiger partial charge in [0.05, 0.1) is 10.7 Å². The molecular weight excluding hydrogens is 286 g/mol. The summed E-state index contributed by atoms with van der Waals surface area (Å²) in [4.78, 5) is 17.8. The number of nitrogens with one attached hydrogen (secondary N) is 2. The van der Waals surface area contributed by atoms with Crippen molar-refractivity contribution < 1.29 is 9.90 Å². The third-order valence-corrected chi connectivity index (χ3v) is 5.23. The van der Waals surface area contributed by atoms with E-state index in [4.69, 9.17) is 5.11 Å². The third kappa shape index (κ3) is 4.68. The Morgan fingerprint density at radius 3 is 2.86 bits per heavy atom. The van der Waals surface area contributed by atoms with E-state index in [1.54, 1.807) is 11.3 Å². The predicted molar refractivity (Wildman–Crippen MR) is 84.7 cm³/mol. The quantitative estimate of drug-likeness (QED) is 0.751. The highest BCUT2D eigenvalue weighted by Crippen LogP contribution is 2.26. The molecule has 2 amide bonds. The SMILES string of the molecule is CC(CO)C(C)NC(=O)NCCc1nc2c(s1)CCCC2. The summed E-state index contributed by atoms with van der Waals surface area (Å²) in [6.07, 6.45) is 5.58. The van der Waals surface area contributed by atoms with E-state index in [-0.39, 0.29) is 24.6 Å². The molecule has 1 aliphatic carbocycles. The molecule has 5 nitrogen and oxygen atoms in total. The number of amides is 2. The molecule has 2 atom stereocenters. The Balaban J connectivity index is 1.71. The summed E-state index contributed by atoms with van der Waals surface area (Å²) < 4.78 is 0. The lowest BCUT2D eigenvalue weighted by Gasteiger charge is -2.19. The van der Waals surface area contributed by atoms with Crippen LogP contribution in [0.5, 0.6) is 0 Å². The Morgan fingerprint density at radius 2 is 2.14 bits per heavy atom. The summed E-state index contributed by atoms with van der Waals surface area (Å²) in [5.41, 5.74) is 1.27. The molecule has 0 saturated carbocycles. The van der Waals surface area contributed by atoms with E-state index >= 15 is 0 Å². The van der Waals surface area contributed by atoms with Gasteiger partial charge in [0.1, 0.15) is 0 Å². The van der Waals surface area contributed by atoms with Crippen LogP contribution >= 0.6 is 11.3 Å². The van der Waals surface area contributed by atoms with Crippen LogP contribution in [0.1, 0.15) is 42.3 Å². The van der Waals surface area contributed by atoms with Gasteiger partial charge in [-0.25, -0.2) is 9.78 Å². The number of carbonyl (C=O) groups excluding carboxylic acids is 1. The number of thiazole rings is 1. The second-order valence-electron chi connectivity index (χ2n) is 5.78. The van der Waals surface area contributed by atoms with Crippen LogP contribution in [0.4, 0.5) is 4.79 Å². The fourth-order valence-electron chi connectivity index (χ4n) is 2.35. The average molecular weight is 311 g/mol. The van der Waals surface area contributed by atoms with Gasteiger partial charge in [-0.1, -0.05) is 6.92 Å². The number of aromatic nitrogens is 1. The third-order valence-electron chi connectivity index (χ3n) is 4.01. The van der Waals surface area contributed by atoms with E-state index in [9.17, 15) is 4.79 Å². The first kappa shape index (κ1) is 16.2. The molecule has 0 spiro atoms. The fraction of sp³-hybridized carbons (Fsp3) is 0.733. The molecule has 2 unspecified atom stereocenters. The van der Waals surface area contributed by atoms with E-state index in [1.165, 1.54) is 23.4 Å². The summed E-state index contributed by atoms with van der Waals surface area (Å²) in [7, 11) is 0. The van der Waals surface area contributed by atoms with Crippen molar-refractivity contribution in [2.45, 2.75) is 52.0 Å². The number of hydrogen-bond donors (Lipinski definition) is 3. The van der Waals surface area contributed by atoms with Crippen LogP contribution in [0.15, 0.2) is 0 Å². The number of aryl methyl sites for hydroxylation is 2. The molecule has 0 saturated heterocycles. The molecule has 0 aliphatic heterocycles. The maximum Gasteiger partial charge on any atom is 0.315 e. The molecule has 1 aliphatic rings. The van der Waals surface area contributed by atoms with Gasteiger partial charge in [-0.2, -0.15) is 0 Å². The van der Waals surface area contributed by atoms with Gasteiger partial charge in [-0.05, 0) is 38.5 Å². The minimum atomic E-state index is -0.177. The van der Waals surface area contributed by atoms with Crippen LogP contribution in [0.3, 0.4) is 0 Å². The van der Waals surface area contributed by atoms with Crippen LogP contribution in [0.2, 0.25) is 0 Å². The van der Waals surface area contributed by atoms with E-state index < -0.39 is 0 Å². The Labute approximate surface area is 130 Å². The summed E-state index contributed by atoms with van der Waals surface area (Å²) >= 11 is 1.79. The molecule has 0 aromatic carbocycles. The lowest BCUT2D eigenvalue weighted by molar-refractivity contribution is 0.200. The topological polar surface area (TPSA) is 74.2 Å². The van der Waals surface area contributed by atoms with Gasteiger partial charge in [0.15, 0.2) is 0 Å². The number of rotatable bonds is 6. The predicted octanol–water partition coefficient (Wildman–Crippen LogP) is 1.88. The second kappa shape index (κ2) is 7.75. The standard InChI is InChI=1S/C15H25N3O2S/c1-10(9-19)11(2)17-15(20)16-8-7-14-18-12-5-3-4-6-13(12)21-14/h10-11,19H,3-9H2,1-2H3,(H2,16,17,20). The monoisotopic (exact) mass is 311 g/mol. The highest BCUT2D eigenvalue weighted by molar-refractivity contribution is 7.11. The molecular formula is C15H25N3O2S. The van der Waals surface area contributed by atoms with Gasteiger partial charge in [0.2, 0.25) is 0 Å². The highest BCUT2D eigenvalue weighted by atomic mass is 32.1. The number of aliphatic hydroxyl groups is 1. The zero-order valence-electron chi connectivity index (χ0n) is 12.8. The van der Waals surface area contributed by atoms with E-state index in [0.717, 1.165) is 24.3 Å². The van der Waals surface area contributed by atoms with Crippen LogP contribution < -0.4 is 10.6 Å². The summed E-state index contributed by atoms with van der Waals surface area (Å²) in [6.45, 7) is 4.48. The van der Waals surface area contributed by atoms with Gasteiger partial charge < -0.3 is 15.7 Å². The van der Waals surface area contributed by atoms with Crippen LogP contribution in [-0.2, 0) is 19.3 Å². The van der Waals surface area contributed by atoms with Crippen molar-refractivity contribution in [3.8, 4) is 0 Å². The number of aliphatic hydroxyl groups excluding tert-OH is 1. The first-order valence-electron chi connectivity index (χ1n) is 7.72. The zero-order valence-corrected chi connectivity index (χ0v) is 13.6. The minimum absolute atomic E-state index is 0.0397. The molecule has 6 heteroatoms. The maximum atomic E-state index is 11.7. The number of nitrogens with zero attached hydrogens (tertiary/aromatic N) is 1. The molecule has 0 radical (unpaired) electrons. The minimum Gasteiger partial charge on any atom is -0.396 e. The van der Waals surface area contributed by atoms with Crippen molar-refractivity contribution in [1.29, 1.82) is 0 Å². The van der Waals surface area contributed by atoms with E-state index in [2.05, 4.69) is 15.6 Å². The van der Waals surface area contributed by atoms with E-state index in [0.29, 0.717) is 6.54 Å². The Kier molecular flexibility index (Phi) is 5.99. The van der Waals surface area contributed by atoms with Gasteiger partial charge in [0, 0.05) is 30.5 Å². The van der Waals surface area contributed by atoms with Crippen molar-refractivity contribution >= 4 is 17.4 Å². The van der Waals surface area contributed by atoms with Crippen LogP contribution in [0.25, 0.3) is 0 Å². The van der Waals surface area contributed by atoms with Crippen LogP contribution in [0, 0.1) is 5.92 Å². The summed E-state index contributed by atoms with van der Waals surface area (Å²) in [5.74, 6) is 0.0569. The summed E-state index contributed by atoms with van der Waals surface area (Å²) in [6, 6.07) is -0.216. The largest absolute Gasteiger partial charge is 0.396 e. The van der Waals surface area contributed by atoms with Gasteiger partial charge in [-0.15, -0.1) is 11.3 Å². The molecule has 3 N–H and O–H groups in total. The lowest BCUT2D eigenvalue weighted by Crippen LogP contribution is -2.44. The van der Waals surface area contributed by atoms with Crippen LogP contribution in [-0.4, -0.2) is 35.3 Å². The Hall–Kier alpha value is -1.14. The van der Waals surface area contributed by atoms with Crippen molar-refractivity contribution in [2.75, 3.05) is 13.2 Å². The van der Waals surface area contributed by atoms with Crippen molar-refractivity contribution in [3.05, 3.63) is 15.6 Å². The average Bonchev–Trinajstić information content (AvgIpc) is 2.88. The second-order valence-corrected chi connectivity index (χ2v) is 6.95. The number of carbonyl (C=O) groups is 1. The lowest BCUT2D eigenvalue weighted by atomic mass is 10.0. The smallest absolute Gasteiger partial charge is 0.315 e. The normalized spacial score (nSPS) is 16.9.